The molecule has 0 aliphatic carbocycles. The van der Waals surface area contributed by atoms with E-state index < -0.39 is 38.6 Å². The lowest BCUT2D eigenvalue weighted by atomic mass is 10.1. The van der Waals surface area contributed by atoms with Gasteiger partial charge in [0.05, 0.1) is 21.1 Å². The molecule has 0 amide bonds. The van der Waals surface area contributed by atoms with Crippen molar-refractivity contribution in [3.8, 4) is 0 Å². The Balaban J connectivity index is 3.54. The summed E-state index contributed by atoms with van der Waals surface area (Å²) < 4.78 is 38.3. The Bertz CT molecular complexity index is 702. The Morgan fingerprint density at radius 2 is 1.58 bits per heavy atom. The molecule has 130 valence electrons. The number of nitro groups is 2. The zero-order valence-corrected chi connectivity index (χ0v) is 12.8. The van der Waals surface area contributed by atoms with Gasteiger partial charge in [0.25, 0.3) is 0 Å². The number of nitrogens with zero attached hydrogens (tertiary/aromatic N) is 3. The summed E-state index contributed by atoms with van der Waals surface area (Å²) in [6, 6.07) is 0.447. The molecule has 0 atom stereocenters. The normalized spacial score (nSPS) is 11.8. The number of hydrogen-bond acceptors (Lipinski definition) is 6. The molecule has 0 aliphatic rings. The topological polar surface area (TPSA) is 111 Å². The lowest BCUT2D eigenvalue weighted by Gasteiger charge is -2.09. The van der Waals surface area contributed by atoms with Gasteiger partial charge in [-0.25, -0.2) is 0 Å². The first-order valence-corrected chi connectivity index (χ1v) is 6.42. The standard InChI is InChI=1S/C13H13F3N4O4/c1-7(2)4-8(3)17-18-12-10(19(21)22)5-9(13(14,15)16)6-11(12)20(23)24/h4-6,18H,1-3H3. The van der Waals surface area contributed by atoms with E-state index in [1.807, 2.05) is 0 Å². The summed E-state index contributed by atoms with van der Waals surface area (Å²) in [5.41, 5.74) is -1.10. The van der Waals surface area contributed by atoms with Crippen LogP contribution < -0.4 is 5.43 Å². The minimum Gasteiger partial charge on any atom is -0.266 e. The highest BCUT2D eigenvalue weighted by molar-refractivity contribution is 5.94. The molecule has 1 aromatic rings. The van der Waals surface area contributed by atoms with Crippen LogP contribution in [0.1, 0.15) is 26.3 Å². The highest BCUT2D eigenvalue weighted by Crippen LogP contribution is 2.41. The smallest absolute Gasteiger partial charge is 0.266 e. The van der Waals surface area contributed by atoms with Crippen LogP contribution in [0.25, 0.3) is 0 Å². The summed E-state index contributed by atoms with van der Waals surface area (Å²) in [4.78, 5) is 19.7. The van der Waals surface area contributed by atoms with Crippen molar-refractivity contribution in [3.05, 3.63) is 49.6 Å². The average molecular weight is 346 g/mol. The maximum Gasteiger partial charge on any atom is 0.416 e. The van der Waals surface area contributed by atoms with Crippen LogP contribution in [-0.2, 0) is 6.18 Å². The summed E-state index contributed by atoms with van der Waals surface area (Å²) in [5.74, 6) is 0. The zero-order valence-electron chi connectivity index (χ0n) is 12.8. The molecule has 1 N–H and O–H groups in total. The number of anilines is 1. The molecule has 0 aliphatic heterocycles. The second kappa shape index (κ2) is 7.06. The first-order chi connectivity index (χ1) is 10.9. The van der Waals surface area contributed by atoms with Gasteiger partial charge in [-0.05, 0) is 26.8 Å². The second-order valence-electron chi connectivity index (χ2n) is 4.99. The van der Waals surface area contributed by atoms with Crippen LogP contribution in [0, 0.1) is 20.2 Å². The zero-order chi connectivity index (χ0) is 18.7. The van der Waals surface area contributed by atoms with E-state index in [9.17, 15) is 33.4 Å². The molecule has 0 fully saturated rings. The Morgan fingerprint density at radius 1 is 1.12 bits per heavy atom. The van der Waals surface area contributed by atoms with E-state index in [2.05, 4.69) is 10.5 Å². The van der Waals surface area contributed by atoms with Crippen molar-refractivity contribution in [3.63, 3.8) is 0 Å². The van der Waals surface area contributed by atoms with E-state index in [0.717, 1.165) is 5.57 Å². The van der Waals surface area contributed by atoms with Crippen LogP contribution in [0.15, 0.2) is 28.9 Å². The molecular formula is C13H13F3N4O4. The van der Waals surface area contributed by atoms with Gasteiger partial charge in [-0.15, -0.1) is 0 Å². The molecule has 1 aromatic carbocycles. The number of allylic oxidation sites excluding steroid dienone is 2. The molecule has 0 bridgehead atoms. The number of benzene rings is 1. The molecule has 0 radical (unpaired) electrons. The number of rotatable bonds is 5. The number of hydrogen-bond donors (Lipinski definition) is 1. The fourth-order valence-electron chi connectivity index (χ4n) is 1.77. The van der Waals surface area contributed by atoms with Gasteiger partial charge < -0.3 is 0 Å². The molecule has 0 heterocycles. The van der Waals surface area contributed by atoms with E-state index in [-0.39, 0.29) is 12.1 Å². The monoisotopic (exact) mass is 346 g/mol. The SMILES string of the molecule is CC(C)=CC(C)=NNc1c([N+](=O)[O-])cc(C(F)(F)F)cc1[N+](=O)[O-]. The van der Waals surface area contributed by atoms with Gasteiger partial charge in [-0.2, -0.15) is 18.3 Å². The number of halogens is 3. The Morgan fingerprint density at radius 3 is 1.92 bits per heavy atom. The second-order valence-corrected chi connectivity index (χ2v) is 4.99. The van der Waals surface area contributed by atoms with Crippen molar-refractivity contribution in [1.29, 1.82) is 0 Å². The van der Waals surface area contributed by atoms with Crippen LogP contribution >= 0.6 is 0 Å². The predicted molar refractivity (Wildman–Crippen MR) is 80.9 cm³/mol. The lowest BCUT2D eigenvalue weighted by Crippen LogP contribution is -2.09. The quantitative estimate of drug-likeness (QED) is 0.486. The predicted octanol–water partition coefficient (Wildman–Crippen LogP) is 4.28. The fourth-order valence-corrected chi connectivity index (χ4v) is 1.77. The van der Waals surface area contributed by atoms with E-state index in [1.54, 1.807) is 19.9 Å². The van der Waals surface area contributed by atoms with Gasteiger partial charge in [0, 0.05) is 12.1 Å². The van der Waals surface area contributed by atoms with Gasteiger partial charge in [0.2, 0.25) is 5.69 Å². The van der Waals surface area contributed by atoms with E-state index in [0.29, 0.717) is 5.71 Å². The Hall–Kier alpha value is -2.98. The van der Waals surface area contributed by atoms with Crippen molar-refractivity contribution in [2.45, 2.75) is 26.9 Å². The van der Waals surface area contributed by atoms with Crippen LogP contribution in [-0.4, -0.2) is 15.6 Å². The molecule has 11 heteroatoms. The van der Waals surface area contributed by atoms with Crippen LogP contribution in [0.2, 0.25) is 0 Å². The van der Waals surface area contributed by atoms with Crippen LogP contribution in [0.3, 0.4) is 0 Å². The summed E-state index contributed by atoms with van der Waals surface area (Å²) in [7, 11) is 0. The molecule has 8 nitrogen and oxygen atoms in total. The number of nitrogens with one attached hydrogen (secondary N) is 1. The van der Waals surface area contributed by atoms with Crippen molar-refractivity contribution in [2.24, 2.45) is 5.10 Å². The number of hydrazone groups is 1. The van der Waals surface area contributed by atoms with Crippen molar-refractivity contribution < 1.29 is 23.0 Å². The molecule has 0 unspecified atom stereocenters. The minimum atomic E-state index is -4.96. The maximum absolute atomic E-state index is 12.8. The third kappa shape index (κ3) is 4.76. The van der Waals surface area contributed by atoms with Crippen molar-refractivity contribution >= 4 is 22.8 Å². The third-order valence-electron chi connectivity index (χ3n) is 2.66. The number of alkyl halides is 3. The maximum atomic E-state index is 12.8. The van der Waals surface area contributed by atoms with E-state index >= 15 is 0 Å². The summed E-state index contributed by atoms with van der Waals surface area (Å²) in [6.45, 7) is 5.02. The van der Waals surface area contributed by atoms with E-state index in [1.165, 1.54) is 6.92 Å². The first-order valence-electron chi connectivity index (χ1n) is 6.42. The highest BCUT2D eigenvalue weighted by atomic mass is 19.4. The molecular weight excluding hydrogens is 333 g/mol. The van der Waals surface area contributed by atoms with E-state index in [4.69, 9.17) is 0 Å². The summed E-state index contributed by atoms with van der Waals surface area (Å²) >= 11 is 0. The Kier molecular flexibility index (Phi) is 5.61. The van der Waals surface area contributed by atoms with Gasteiger partial charge in [-0.1, -0.05) is 5.57 Å². The van der Waals surface area contributed by atoms with Gasteiger partial charge in [0.15, 0.2) is 0 Å². The molecule has 0 saturated heterocycles. The fraction of sp³-hybridized carbons (Fsp3) is 0.308. The summed E-state index contributed by atoms with van der Waals surface area (Å²) in [5, 5.41) is 25.7. The molecule has 24 heavy (non-hydrogen) atoms. The molecule has 0 spiro atoms. The van der Waals surface area contributed by atoms with Gasteiger partial charge in [-0.3, -0.25) is 25.7 Å². The Labute approximate surface area is 134 Å². The van der Waals surface area contributed by atoms with Gasteiger partial charge >= 0.3 is 17.6 Å². The first kappa shape index (κ1) is 19.1. The minimum absolute atomic E-state index is 0.223. The molecule has 0 saturated carbocycles. The summed E-state index contributed by atoms with van der Waals surface area (Å²) in [6.07, 6.45) is -3.38. The van der Waals surface area contributed by atoms with Crippen molar-refractivity contribution in [1.82, 2.24) is 0 Å². The molecule has 0 aromatic heterocycles. The van der Waals surface area contributed by atoms with Crippen molar-refractivity contribution in [2.75, 3.05) is 5.43 Å². The van der Waals surface area contributed by atoms with Crippen LogP contribution in [0.4, 0.5) is 30.2 Å². The average Bonchev–Trinajstić information content (AvgIpc) is 2.42. The molecule has 1 rings (SSSR count). The highest BCUT2D eigenvalue weighted by Gasteiger charge is 2.37. The third-order valence-corrected chi connectivity index (χ3v) is 2.66. The number of nitro benzene ring substituents is 2. The van der Waals surface area contributed by atoms with Gasteiger partial charge in [0.1, 0.15) is 0 Å². The lowest BCUT2D eigenvalue weighted by molar-refractivity contribution is -0.392. The largest absolute Gasteiger partial charge is 0.416 e. The van der Waals surface area contributed by atoms with Crippen LogP contribution in [0.5, 0.6) is 0 Å².